The lowest BCUT2D eigenvalue weighted by Crippen LogP contribution is -2.31. The van der Waals surface area contributed by atoms with Gasteiger partial charge in [0.1, 0.15) is 5.75 Å². The van der Waals surface area contributed by atoms with Crippen molar-refractivity contribution in [2.45, 2.75) is 30.2 Å². The molecule has 0 heterocycles. The van der Waals surface area contributed by atoms with Gasteiger partial charge in [-0.15, -0.1) is 0 Å². The van der Waals surface area contributed by atoms with Crippen LogP contribution < -0.4 is 9.46 Å². The fourth-order valence-corrected chi connectivity index (χ4v) is 4.46. The Hall–Kier alpha value is -2.09. The third-order valence-corrected chi connectivity index (χ3v) is 5.98. The smallest absolute Gasteiger partial charge is 0.341 e. The predicted molar refractivity (Wildman–Crippen MR) is 97.0 cm³/mol. The number of aliphatic carboxylic acids is 1. The number of carboxylic acid groups (broad SMARTS) is 1. The second-order valence-corrected chi connectivity index (χ2v) is 8.18. The maximum atomic E-state index is 12.7. The van der Waals surface area contributed by atoms with Crippen molar-refractivity contribution >= 4 is 27.6 Å². The lowest BCUT2D eigenvalue weighted by Gasteiger charge is -2.27. The molecular formula is C18H18ClNO5S. The number of rotatable bonds is 6. The molecule has 2 N–H and O–H groups in total. The van der Waals surface area contributed by atoms with Crippen LogP contribution in [0.5, 0.6) is 5.75 Å². The number of halogens is 1. The molecule has 1 aliphatic carbocycles. The summed E-state index contributed by atoms with van der Waals surface area (Å²) in [5.74, 6) is -0.571. The lowest BCUT2D eigenvalue weighted by molar-refractivity contribution is -0.139. The minimum Gasteiger partial charge on any atom is -0.482 e. The first kappa shape index (κ1) is 18.7. The highest BCUT2D eigenvalue weighted by molar-refractivity contribution is 7.89. The summed E-state index contributed by atoms with van der Waals surface area (Å²) in [5, 5.41) is 9.27. The zero-order chi connectivity index (χ0) is 18.7. The number of hydrogen-bond donors (Lipinski definition) is 2. The molecule has 0 spiro atoms. The van der Waals surface area contributed by atoms with Gasteiger partial charge in [0.15, 0.2) is 6.61 Å². The Morgan fingerprint density at radius 3 is 2.65 bits per heavy atom. The second-order valence-electron chi connectivity index (χ2n) is 6.03. The van der Waals surface area contributed by atoms with Gasteiger partial charge in [-0.2, -0.15) is 0 Å². The molecule has 0 fully saturated rings. The van der Waals surface area contributed by atoms with Crippen LogP contribution >= 0.6 is 11.6 Å². The van der Waals surface area contributed by atoms with Crippen molar-refractivity contribution in [2.24, 2.45) is 0 Å². The zero-order valence-electron chi connectivity index (χ0n) is 13.8. The molecule has 0 saturated carbocycles. The second kappa shape index (κ2) is 7.65. The molecule has 0 bridgehead atoms. The molecule has 26 heavy (non-hydrogen) atoms. The van der Waals surface area contributed by atoms with E-state index >= 15 is 0 Å². The van der Waals surface area contributed by atoms with Gasteiger partial charge in [-0.05, 0) is 60.7 Å². The van der Waals surface area contributed by atoms with E-state index in [1.807, 2.05) is 6.07 Å². The molecule has 0 aromatic heterocycles. The SMILES string of the molecule is O=C(O)COc1cccc2c1CCCC2NS(=O)(=O)c1ccc(Cl)cc1. The van der Waals surface area contributed by atoms with Crippen LogP contribution in [0.4, 0.5) is 0 Å². The Labute approximate surface area is 156 Å². The van der Waals surface area contributed by atoms with E-state index in [4.69, 9.17) is 21.4 Å². The van der Waals surface area contributed by atoms with Gasteiger partial charge in [0, 0.05) is 11.1 Å². The first-order chi connectivity index (χ1) is 12.4. The lowest BCUT2D eigenvalue weighted by atomic mass is 9.87. The fraction of sp³-hybridized carbons (Fsp3) is 0.278. The predicted octanol–water partition coefficient (Wildman–Crippen LogP) is 3.16. The van der Waals surface area contributed by atoms with Crippen LogP contribution in [0, 0.1) is 0 Å². The highest BCUT2D eigenvalue weighted by Gasteiger charge is 2.27. The Morgan fingerprint density at radius 2 is 1.96 bits per heavy atom. The summed E-state index contributed by atoms with van der Waals surface area (Å²) in [6.07, 6.45) is 2.14. The standard InChI is InChI=1S/C18H18ClNO5S/c19-12-7-9-13(10-8-12)26(23,24)20-16-5-1-4-15-14(16)3-2-6-17(15)25-11-18(21)22/h2-3,6-10,16,20H,1,4-5,11H2,(H,21,22). The molecule has 1 unspecified atom stereocenters. The number of ether oxygens (including phenoxy) is 1. The van der Waals surface area contributed by atoms with E-state index < -0.39 is 28.6 Å². The quantitative estimate of drug-likeness (QED) is 0.783. The van der Waals surface area contributed by atoms with Crippen LogP contribution in [-0.4, -0.2) is 26.1 Å². The minimum absolute atomic E-state index is 0.146. The van der Waals surface area contributed by atoms with Crippen LogP contribution in [0.15, 0.2) is 47.4 Å². The number of nitrogens with one attached hydrogen (secondary N) is 1. The van der Waals surface area contributed by atoms with Gasteiger partial charge in [0.25, 0.3) is 0 Å². The molecule has 2 aromatic carbocycles. The molecule has 3 rings (SSSR count). The van der Waals surface area contributed by atoms with Crippen molar-refractivity contribution in [3.05, 3.63) is 58.6 Å². The third-order valence-electron chi connectivity index (χ3n) is 4.24. The van der Waals surface area contributed by atoms with E-state index in [1.165, 1.54) is 24.3 Å². The van der Waals surface area contributed by atoms with Gasteiger partial charge in [-0.3, -0.25) is 0 Å². The molecule has 0 saturated heterocycles. The maximum absolute atomic E-state index is 12.7. The third kappa shape index (κ3) is 4.17. The van der Waals surface area contributed by atoms with E-state index in [2.05, 4.69) is 4.72 Å². The van der Waals surface area contributed by atoms with Gasteiger partial charge in [0.05, 0.1) is 4.90 Å². The summed E-state index contributed by atoms with van der Waals surface area (Å²) in [6, 6.07) is 10.9. The Kier molecular flexibility index (Phi) is 5.50. The zero-order valence-corrected chi connectivity index (χ0v) is 15.4. The summed E-state index contributed by atoms with van der Waals surface area (Å²) in [7, 11) is -3.70. The summed E-state index contributed by atoms with van der Waals surface area (Å²) in [6.45, 7) is -0.433. The minimum atomic E-state index is -3.70. The van der Waals surface area contributed by atoms with Gasteiger partial charge < -0.3 is 9.84 Å². The molecule has 8 heteroatoms. The average Bonchev–Trinajstić information content (AvgIpc) is 2.60. The largest absolute Gasteiger partial charge is 0.482 e. The van der Waals surface area contributed by atoms with Crippen molar-refractivity contribution in [3.63, 3.8) is 0 Å². The summed E-state index contributed by atoms with van der Waals surface area (Å²) >= 11 is 5.82. The first-order valence-electron chi connectivity index (χ1n) is 8.11. The van der Waals surface area contributed by atoms with E-state index in [-0.39, 0.29) is 4.90 Å². The first-order valence-corrected chi connectivity index (χ1v) is 9.97. The Bertz CT molecular complexity index is 912. The van der Waals surface area contributed by atoms with Crippen LogP contribution in [0.3, 0.4) is 0 Å². The molecule has 2 aromatic rings. The molecular weight excluding hydrogens is 378 g/mol. The maximum Gasteiger partial charge on any atom is 0.341 e. The molecule has 1 atom stereocenters. The fourth-order valence-electron chi connectivity index (χ4n) is 3.08. The average molecular weight is 396 g/mol. The van der Waals surface area contributed by atoms with Crippen molar-refractivity contribution in [2.75, 3.05) is 6.61 Å². The van der Waals surface area contributed by atoms with Crippen molar-refractivity contribution < 1.29 is 23.1 Å². The monoisotopic (exact) mass is 395 g/mol. The number of carbonyl (C=O) groups is 1. The van der Waals surface area contributed by atoms with Crippen molar-refractivity contribution in [3.8, 4) is 5.75 Å². The van der Waals surface area contributed by atoms with Gasteiger partial charge in [0.2, 0.25) is 10.0 Å². The number of benzene rings is 2. The van der Waals surface area contributed by atoms with E-state index in [9.17, 15) is 13.2 Å². The topological polar surface area (TPSA) is 92.7 Å². The molecule has 0 aliphatic heterocycles. The summed E-state index contributed by atoms with van der Waals surface area (Å²) in [5.41, 5.74) is 1.67. The number of carboxylic acids is 1. The Balaban J connectivity index is 1.86. The Morgan fingerprint density at radius 1 is 1.23 bits per heavy atom. The highest BCUT2D eigenvalue weighted by Crippen LogP contribution is 2.36. The van der Waals surface area contributed by atoms with E-state index in [0.717, 1.165) is 17.5 Å². The summed E-state index contributed by atoms with van der Waals surface area (Å²) in [4.78, 5) is 10.9. The van der Waals surface area contributed by atoms with Gasteiger partial charge >= 0.3 is 5.97 Å². The van der Waals surface area contributed by atoms with Crippen LogP contribution in [0.25, 0.3) is 0 Å². The van der Waals surface area contributed by atoms with Crippen molar-refractivity contribution in [1.29, 1.82) is 0 Å². The number of hydrogen-bond acceptors (Lipinski definition) is 4. The van der Waals surface area contributed by atoms with E-state index in [0.29, 0.717) is 23.6 Å². The van der Waals surface area contributed by atoms with Crippen molar-refractivity contribution in [1.82, 2.24) is 4.72 Å². The van der Waals surface area contributed by atoms with Crippen LogP contribution in [-0.2, 0) is 21.2 Å². The molecule has 6 nitrogen and oxygen atoms in total. The van der Waals surface area contributed by atoms with Crippen LogP contribution in [0.2, 0.25) is 5.02 Å². The molecule has 138 valence electrons. The van der Waals surface area contributed by atoms with Gasteiger partial charge in [-0.25, -0.2) is 17.9 Å². The highest BCUT2D eigenvalue weighted by atomic mass is 35.5. The van der Waals surface area contributed by atoms with E-state index in [1.54, 1.807) is 12.1 Å². The summed E-state index contributed by atoms with van der Waals surface area (Å²) < 4.78 is 33.4. The molecule has 0 radical (unpaired) electrons. The normalized spacial score (nSPS) is 16.7. The molecule has 1 aliphatic rings. The molecule has 0 amide bonds. The van der Waals surface area contributed by atoms with Crippen LogP contribution in [0.1, 0.15) is 30.0 Å². The van der Waals surface area contributed by atoms with Gasteiger partial charge in [-0.1, -0.05) is 23.7 Å². The number of sulfonamides is 1. The number of fused-ring (bicyclic) bond motifs is 1.